The van der Waals surface area contributed by atoms with E-state index in [1.165, 1.54) is 0 Å². The molecule has 1 N–H and O–H groups in total. The molecule has 8 heteroatoms. The van der Waals surface area contributed by atoms with Crippen molar-refractivity contribution in [1.29, 1.82) is 0 Å². The summed E-state index contributed by atoms with van der Waals surface area (Å²) in [5, 5.41) is 13.7. The van der Waals surface area contributed by atoms with E-state index in [1.54, 1.807) is 54.7 Å². The van der Waals surface area contributed by atoms with Gasteiger partial charge in [0.25, 0.3) is 0 Å². The van der Waals surface area contributed by atoms with Crippen molar-refractivity contribution in [2.24, 2.45) is 7.05 Å². The zero-order valence-electron chi connectivity index (χ0n) is 18.4. The normalized spacial score (nSPS) is 13.1. The van der Waals surface area contributed by atoms with E-state index in [9.17, 15) is 5.11 Å². The summed E-state index contributed by atoms with van der Waals surface area (Å²) in [7, 11) is 3.37. The van der Waals surface area contributed by atoms with Gasteiger partial charge in [-0.05, 0) is 29.3 Å². The van der Waals surface area contributed by atoms with Crippen LogP contribution in [0.25, 0.3) is 22.0 Å². The first-order chi connectivity index (χ1) is 16.4. The van der Waals surface area contributed by atoms with Crippen molar-refractivity contribution in [3.05, 3.63) is 106 Å². The van der Waals surface area contributed by atoms with Crippen LogP contribution < -0.4 is 4.74 Å². The third kappa shape index (κ3) is 3.60. The highest BCUT2D eigenvalue weighted by Gasteiger charge is 2.37. The smallest absolute Gasteiger partial charge is 0.212 e. The molecule has 0 fully saturated rings. The van der Waals surface area contributed by atoms with Crippen LogP contribution in [0.3, 0.4) is 0 Å². The Hall–Kier alpha value is -3.45. The number of aliphatic hydroxyl groups is 1. The van der Waals surface area contributed by atoms with Gasteiger partial charge in [-0.3, -0.25) is 0 Å². The summed E-state index contributed by atoms with van der Waals surface area (Å²) in [6, 6.07) is 18.6. The second kappa shape index (κ2) is 8.72. The first kappa shape index (κ1) is 22.3. The van der Waals surface area contributed by atoms with Gasteiger partial charge in [-0.15, -0.1) is 0 Å². The number of rotatable bonds is 5. The molecule has 0 saturated carbocycles. The first-order valence-corrected chi connectivity index (χ1v) is 11.2. The third-order valence-corrected chi connectivity index (χ3v) is 6.57. The molecule has 0 radical (unpaired) electrons. The Morgan fingerprint density at radius 3 is 2.38 bits per heavy atom. The molecule has 5 rings (SSSR count). The molecule has 34 heavy (non-hydrogen) atoms. The molecule has 0 amide bonds. The number of nitrogens with zero attached hydrogens (tertiary/aromatic N) is 4. The van der Waals surface area contributed by atoms with Crippen LogP contribution in [0.4, 0.5) is 0 Å². The molecule has 0 aliphatic rings. The van der Waals surface area contributed by atoms with Gasteiger partial charge in [0.05, 0.1) is 35.9 Å². The molecule has 0 spiro atoms. The topological polar surface area (TPSA) is 73.1 Å². The molecule has 3 heterocycles. The van der Waals surface area contributed by atoms with Crippen LogP contribution in [0.15, 0.2) is 79.4 Å². The lowest BCUT2D eigenvalue weighted by Crippen LogP contribution is -2.31. The van der Waals surface area contributed by atoms with Crippen LogP contribution in [-0.4, -0.2) is 31.7 Å². The van der Waals surface area contributed by atoms with E-state index in [0.29, 0.717) is 49.3 Å². The van der Waals surface area contributed by atoms with Crippen LogP contribution in [-0.2, 0) is 12.6 Å². The monoisotopic (exact) mass is 490 g/mol. The minimum Gasteiger partial charge on any atom is -0.481 e. The van der Waals surface area contributed by atoms with Crippen molar-refractivity contribution < 1.29 is 9.84 Å². The number of pyridine rings is 2. The van der Waals surface area contributed by atoms with E-state index in [2.05, 4.69) is 15.0 Å². The molecule has 0 bridgehead atoms. The van der Waals surface area contributed by atoms with Gasteiger partial charge >= 0.3 is 0 Å². The minimum absolute atomic E-state index is 0.317. The Kier molecular flexibility index (Phi) is 5.73. The van der Waals surface area contributed by atoms with Crippen LogP contribution in [0.5, 0.6) is 5.88 Å². The number of methoxy groups -OCH3 is 1. The quantitative estimate of drug-likeness (QED) is 0.323. The van der Waals surface area contributed by atoms with Crippen LogP contribution in [0, 0.1) is 0 Å². The molecule has 2 aromatic carbocycles. The van der Waals surface area contributed by atoms with Gasteiger partial charge in [0.1, 0.15) is 5.15 Å². The number of hydrogen-bond donors (Lipinski definition) is 1. The van der Waals surface area contributed by atoms with Gasteiger partial charge in [-0.25, -0.2) is 15.0 Å². The van der Waals surface area contributed by atoms with Gasteiger partial charge in [0.2, 0.25) is 5.88 Å². The summed E-state index contributed by atoms with van der Waals surface area (Å²) in [6.45, 7) is 0. The Morgan fingerprint density at radius 1 is 0.971 bits per heavy atom. The van der Waals surface area contributed by atoms with Gasteiger partial charge in [0, 0.05) is 35.8 Å². The van der Waals surface area contributed by atoms with Crippen molar-refractivity contribution in [2.45, 2.75) is 5.60 Å². The summed E-state index contributed by atoms with van der Waals surface area (Å²) in [5.41, 5.74) is 2.27. The maximum atomic E-state index is 12.2. The molecular weight excluding hydrogens is 471 g/mol. The Labute approximate surface area is 206 Å². The van der Waals surface area contributed by atoms with Crippen molar-refractivity contribution in [3.8, 4) is 17.0 Å². The standard InChI is InChI=1S/C26H20Cl2N4O2/c1-32-15-29-14-21(32)26(33,18-9-11-22(34-2)30-13-18)17-8-10-20-19(12-17)24(27)23(25(28)31-20)16-6-4-3-5-7-16/h3-15,33H,1-2H3. The molecule has 0 aliphatic heterocycles. The lowest BCUT2D eigenvalue weighted by atomic mass is 9.83. The fourth-order valence-electron chi connectivity index (χ4n) is 4.16. The molecule has 0 saturated heterocycles. The van der Waals surface area contributed by atoms with E-state index in [0.717, 1.165) is 5.56 Å². The fourth-order valence-corrected chi connectivity index (χ4v) is 4.85. The molecule has 0 aliphatic carbocycles. The van der Waals surface area contributed by atoms with Crippen LogP contribution in [0.1, 0.15) is 16.8 Å². The number of aromatic nitrogens is 4. The van der Waals surface area contributed by atoms with E-state index in [-0.39, 0.29) is 0 Å². The summed E-state index contributed by atoms with van der Waals surface area (Å²) in [4.78, 5) is 13.1. The van der Waals surface area contributed by atoms with E-state index < -0.39 is 5.60 Å². The molecule has 5 aromatic rings. The predicted molar refractivity (Wildman–Crippen MR) is 133 cm³/mol. The zero-order valence-corrected chi connectivity index (χ0v) is 19.9. The van der Waals surface area contributed by atoms with Gasteiger partial charge < -0.3 is 14.4 Å². The summed E-state index contributed by atoms with van der Waals surface area (Å²) in [6.07, 6.45) is 4.86. The number of aryl methyl sites for hydroxylation is 1. The van der Waals surface area contributed by atoms with E-state index in [1.807, 2.05) is 43.4 Å². The molecule has 170 valence electrons. The van der Waals surface area contributed by atoms with Gasteiger partial charge in [0.15, 0.2) is 5.60 Å². The van der Waals surface area contributed by atoms with Crippen LogP contribution in [0.2, 0.25) is 10.2 Å². The van der Waals surface area contributed by atoms with Gasteiger partial charge in [-0.1, -0.05) is 59.6 Å². The second-order valence-corrected chi connectivity index (χ2v) is 8.61. The Morgan fingerprint density at radius 2 is 1.74 bits per heavy atom. The number of fused-ring (bicyclic) bond motifs is 1. The fraction of sp³-hybridized carbons (Fsp3) is 0.115. The highest BCUT2D eigenvalue weighted by Crippen LogP contribution is 2.42. The second-order valence-electron chi connectivity index (χ2n) is 7.88. The number of ether oxygens (including phenoxy) is 1. The molecule has 1 atom stereocenters. The Bertz CT molecular complexity index is 1490. The summed E-state index contributed by atoms with van der Waals surface area (Å²) >= 11 is 13.4. The number of imidazole rings is 1. The van der Waals surface area contributed by atoms with Crippen molar-refractivity contribution in [3.63, 3.8) is 0 Å². The van der Waals surface area contributed by atoms with Crippen molar-refractivity contribution in [2.75, 3.05) is 7.11 Å². The minimum atomic E-state index is -1.56. The molecule has 6 nitrogen and oxygen atoms in total. The average molecular weight is 491 g/mol. The maximum Gasteiger partial charge on any atom is 0.212 e. The van der Waals surface area contributed by atoms with Crippen molar-refractivity contribution >= 4 is 34.1 Å². The van der Waals surface area contributed by atoms with E-state index >= 15 is 0 Å². The highest BCUT2D eigenvalue weighted by molar-refractivity contribution is 6.42. The molecule has 1 unspecified atom stereocenters. The maximum absolute atomic E-state index is 12.2. The molecular formula is C26H20Cl2N4O2. The number of halogens is 2. The molecule has 3 aromatic heterocycles. The van der Waals surface area contributed by atoms with E-state index in [4.69, 9.17) is 27.9 Å². The first-order valence-electron chi connectivity index (χ1n) is 10.5. The SMILES string of the molecule is COc1ccc(C(O)(c2ccc3nc(Cl)c(-c4ccccc4)c(Cl)c3c2)c2cncn2C)cn1. The van der Waals surface area contributed by atoms with Gasteiger partial charge in [-0.2, -0.15) is 0 Å². The largest absolute Gasteiger partial charge is 0.481 e. The lowest BCUT2D eigenvalue weighted by molar-refractivity contribution is 0.117. The summed E-state index contributed by atoms with van der Waals surface area (Å²) < 4.78 is 6.96. The third-order valence-electron chi connectivity index (χ3n) is 5.91. The summed E-state index contributed by atoms with van der Waals surface area (Å²) in [5.74, 6) is 0.448. The Balaban J connectivity index is 1.76. The number of hydrogen-bond acceptors (Lipinski definition) is 5. The highest BCUT2D eigenvalue weighted by atomic mass is 35.5. The zero-order chi connectivity index (χ0) is 23.9. The van der Waals surface area contributed by atoms with Crippen LogP contribution >= 0.6 is 23.2 Å². The predicted octanol–water partition coefficient (Wildman–Crippen LogP) is 5.63. The van der Waals surface area contributed by atoms with Crippen molar-refractivity contribution in [1.82, 2.24) is 19.5 Å². The lowest BCUT2D eigenvalue weighted by Gasteiger charge is -2.30. The average Bonchev–Trinajstić information content (AvgIpc) is 3.30. The number of benzene rings is 2.